The summed E-state index contributed by atoms with van der Waals surface area (Å²) in [6.45, 7) is 0.327. The maximum atomic E-state index is 5.48. The Kier molecular flexibility index (Phi) is 1.54. The van der Waals surface area contributed by atoms with Crippen molar-refractivity contribution in [3.63, 3.8) is 0 Å². The molecular weight excluding hydrogens is 236 g/mol. The van der Waals surface area contributed by atoms with Gasteiger partial charge in [-0.05, 0) is 57.7 Å². The van der Waals surface area contributed by atoms with E-state index in [0.717, 1.165) is 11.5 Å². The molecule has 0 saturated heterocycles. The molecular formula is C17H10O2. The molecule has 0 amide bonds. The van der Waals surface area contributed by atoms with Crippen LogP contribution < -0.4 is 9.47 Å². The molecule has 2 nitrogen and oxygen atoms in total. The van der Waals surface area contributed by atoms with Crippen LogP contribution in [0.4, 0.5) is 0 Å². The minimum Gasteiger partial charge on any atom is -0.454 e. The predicted molar refractivity (Wildman–Crippen MR) is 74.7 cm³/mol. The van der Waals surface area contributed by atoms with Crippen molar-refractivity contribution in [2.45, 2.75) is 0 Å². The summed E-state index contributed by atoms with van der Waals surface area (Å²) in [7, 11) is 0. The second-order valence-electron chi connectivity index (χ2n) is 5.00. The average Bonchev–Trinajstić information content (AvgIpc) is 3.09. The van der Waals surface area contributed by atoms with Crippen molar-refractivity contribution in [1.29, 1.82) is 0 Å². The van der Waals surface area contributed by atoms with Gasteiger partial charge < -0.3 is 9.47 Å². The van der Waals surface area contributed by atoms with Gasteiger partial charge in [0.05, 0.1) is 0 Å². The summed E-state index contributed by atoms with van der Waals surface area (Å²) < 4.78 is 10.9. The third-order valence-corrected chi connectivity index (χ3v) is 3.98. The monoisotopic (exact) mass is 246 g/mol. The maximum absolute atomic E-state index is 5.48. The molecule has 2 aromatic rings. The number of fused-ring (bicyclic) bond motifs is 6. The number of allylic oxidation sites excluding steroid dienone is 2. The number of benzene rings is 2. The molecule has 2 aliphatic carbocycles. The van der Waals surface area contributed by atoms with Crippen molar-refractivity contribution >= 4 is 23.3 Å². The van der Waals surface area contributed by atoms with Crippen LogP contribution in [0.3, 0.4) is 0 Å². The Labute approximate surface area is 110 Å². The van der Waals surface area contributed by atoms with E-state index < -0.39 is 0 Å². The molecule has 1 aliphatic heterocycles. The molecule has 2 aromatic carbocycles. The first kappa shape index (κ1) is 9.45. The highest BCUT2D eigenvalue weighted by Gasteiger charge is 2.28. The molecule has 0 radical (unpaired) electrons. The van der Waals surface area contributed by atoms with E-state index >= 15 is 0 Å². The Morgan fingerprint density at radius 2 is 1.47 bits per heavy atom. The van der Waals surface area contributed by atoms with Crippen molar-refractivity contribution in [1.82, 2.24) is 0 Å². The highest BCUT2D eigenvalue weighted by atomic mass is 16.7. The highest BCUT2D eigenvalue weighted by Crippen LogP contribution is 2.50. The zero-order chi connectivity index (χ0) is 12.4. The van der Waals surface area contributed by atoms with Gasteiger partial charge in [0.1, 0.15) is 0 Å². The lowest BCUT2D eigenvalue weighted by molar-refractivity contribution is 0.174. The van der Waals surface area contributed by atoms with E-state index in [1.54, 1.807) is 0 Å². The zero-order valence-corrected chi connectivity index (χ0v) is 10.1. The number of hydrogen-bond donors (Lipinski definition) is 0. The Balaban J connectivity index is 1.77. The topological polar surface area (TPSA) is 18.5 Å². The molecule has 0 aromatic heterocycles. The third-order valence-electron chi connectivity index (χ3n) is 3.98. The lowest BCUT2D eigenvalue weighted by atomic mass is 10.0. The van der Waals surface area contributed by atoms with Gasteiger partial charge in [0, 0.05) is 0 Å². The lowest BCUT2D eigenvalue weighted by Crippen LogP contribution is -1.92. The summed E-state index contributed by atoms with van der Waals surface area (Å²) in [4.78, 5) is 0. The average molecular weight is 246 g/mol. The summed E-state index contributed by atoms with van der Waals surface area (Å²) in [6.07, 6.45) is 4.50. The standard InChI is InChI=1S/C17H10O2/c1-2-4-12-10(3-1)5-15-13-8-17-16(18-9-19-17)7-11(13)6-14(12)15/h1-8H,9H2. The lowest BCUT2D eigenvalue weighted by Gasteiger charge is -2.03. The first-order valence-corrected chi connectivity index (χ1v) is 6.37. The van der Waals surface area contributed by atoms with Crippen LogP contribution in [-0.4, -0.2) is 6.79 Å². The Hall–Kier alpha value is -2.48. The summed E-state index contributed by atoms with van der Waals surface area (Å²) in [6, 6.07) is 12.7. The molecule has 0 N–H and O–H groups in total. The van der Waals surface area contributed by atoms with Crippen molar-refractivity contribution in [2.75, 3.05) is 6.79 Å². The molecule has 0 fully saturated rings. The molecule has 0 unspecified atom stereocenters. The van der Waals surface area contributed by atoms with Crippen LogP contribution in [0.1, 0.15) is 22.3 Å². The van der Waals surface area contributed by atoms with Gasteiger partial charge in [0.15, 0.2) is 11.5 Å². The second-order valence-corrected chi connectivity index (χ2v) is 5.00. The van der Waals surface area contributed by atoms with E-state index in [1.165, 1.54) is 33.4 Å². The SMILES string of the molecule is C1=C2C(=Cc3ccccc32)c2cc3c(cc21)OCO3. The molecule has 0 saturated carbocycles. The van der Waals surface area contributed by atoms with Crippen molar-refractivity contribution in [3.05, 3.63) is 58.7 Å². The fraction of sp³-hybridized carbons (Fsp3) is 0.0588. The number of hydrogen-bond acceptors (Lipinski definition) is 2. The van der Waals surface area contributed by atoms with Crippen molar-refractivity contribution < 1.29 is 9.47 Å². The van der Waals surface area contributed by atoms with E-state index in [1.807, 2.05) is 0 Å². The molecule has 0 spiro atoms. The first-order valence-electron chi connectivity index (χ1n) is 6.37. The molecule has 5 rings (SSSR count). The van der Waals surface area contributed by atoms with Gasteiger partial charge in [-0.15, -0.1) is 0 Å². The Morgan fingerprint density at radius 1 is 0.737 bits per heavy atom. The van der Waals surface area contributed by atoms with E-state index in [2.05, 4.69) is 48.6 Å². The molecule has 3 aliphatic rings. The van der Waals surface area contributed by atoms with Crippen molar-refractivity contribution in [3.8, 4) is 11.5 Å². The molecule has 0 atom stereocenters. The van der Waals surface area contributed by atoms with Crippen LogP contribution in [0.15, 0.2) is 36.4 Å². The van der Waals surface area contributed by atoms with Gasteiger partial charge >= 0.3 is 0 Å². The quantitative estimate of drug-likeness (QED) is 0.703. The van der Waals surface area contributed by atoms with Crippen LogP contribution >= 0.6 is 0 Å². The summed E-state index contributed by atoms with van der Waals surface area (Å²) >= 11 is 0. The molecule has 0 bridgehead atoms. The zero-order valence-electron chi connectivity index (χ0n) is 10.1. The second kappa shape index (κ2) is 3.09. The molecule has 1 heterocycles. The normalized spacial score (nSPS) is 16.6. The minimum atomic E-state index is 0.327. The van der Waals surface area contributed by atoms with Gasteiger partial charge in [-0.3, -0.25) is 0 Å². The predicted octanol–water partition coefficient (Wildman–Crippen LogP) is 3.82. The van der Waals surface area contributed by atoms with Gasteiger partial charge in [0.2, 0.25) is 6.79 Å². The Morgan fingerprint density at radius 3 is 2.42 bits per heavy atom. The number of ether oxygens (including phenoxy) is 2. The maximum Gasteiger partial charge on any atom is 0.231 e. The smallest absolute Gasteiger partial charge is 0.231 e. The highest BCUT2D eigenvalue weighted by molar-refractivity contribution is 6.26. The number of rotatable bonds is 0. The summed E-state index contributed by atoms with van der Waals surface area (Å²) in [5, 5.41) is 0. The van der Waals surface area contributed by atoms with Crippen LogP contribution in [0, 0.1) is 0 Å². The molecule has 90 valence electrons. The molecule has 2 heteroatoms. The third kappa shape index (κ3) is 1.11. The van der Waals surface area contributed by atoms with Gasteiger partial charge in [-0.1, -0.05) is 24.3 Å². The van der Waals surface area contributed by atoms with E-state index in [0.29, 0.717) is 6.79 Å². The van der Waals surface area contributed by atoms with Crippen molar-refractivity contribution in [2.24, 2.45) is 0 Å². The summed E-state index contributed by atoms with van der Waals surface area (Å²) in [5.74, 6) is 1.70. The van der Waals surface area contributed by atoms with Gasteiger partial charge in [-0.2, -0.15) is 0 Å². The Bertz CT molecular complexity index is 797. The summed E-state index contributed by atoms with van der Waals surface area (Å²) in [5.41, 5.74) is 7.70. The van der Waals surface area contributed by atoms with Crippen LogP contribution in [-0.2, 0) is 0 Å². The van der Waals surface area contributed by atoms with Crippen LogP contribution in [0.5, 0.6) is 11.5 Å². The van der Waals surface area contributed by atoms with Crippen LogP contribution in [0.2, 0.25) is 0 Å². The first-order chi connectivity index (χ1) is 9.40. The minimum absolute atomic E-state index is 0.327. The van der Waals surface area contributed by atoms with E-state index in [4.69, 9.17) is 9.47 Å². The fourth-order valence-electron chi connectivity index (χ4n) is 3.09. The van der Waals surface area contributed by atoms with Gasteiger partial charge in [-0.25, -0.2) is 0 Å². The fourth-order valence-corrected chi connectivity index (χ4v) is 3.09. The van der Waals surface area contributed by atoms with E-state index in [9.17, 15) is 0 Å². The van der Waals surface area contributed by atoms with Crippen LogP contribution in [0.25, 0.3) is 23.3 Å². The van der Waals surface area contributed by atoms with Gasteiger partial charge in [0.25, 0.3) is 0 Å². The van der Waals surface area contributed by atoms with E-state index in [-0.39, 0.29) is 0 Å². The molecule has 19 heavy (non-hydrogen) atoms. The largest absolute Gasteiger partial charge is 0.454 e.